The number of carboxylic acids is 1. The van der Waals surface area contributed by atoms with E-state index in [9.17, 15) is 19.5 Å². The van der Waals surface area contributed by atoms with Gasteiger partial charge in [-0.1, -0.05) is 184 Å². The molecule has 0 radical (unpaired) electrons. The number of allylic oxidation sites excluding steroid dienone is 8. The molecule has 0 rings (SSSR count). The zero-order chi connectivity index (χ0) is 42.1. The molecule has 0 aliphatic carbocycles. The van der Waals surface area contributed by atoms with Crippen LogP contribution in [0.5, 0.6) is 0 Å². The molecule has 1 N–H and O–H groups in total. The van der Waals surface area contributed by atoms with Gasteiger partial charge in [-0.15, -0.1) is 0 Å². The molecule has 57 heavy (non-hydrogen) atoms. The van der Waals surface area contributed by atoms with Crippen molar-refractivity contribution in [1.82, 2.24) is 0 Å². The van der Waals surface area contributed by atoms with Crippen LogP contribution in [-0.2, 0) is 28.6 Å². The molecule has 2 unspecified atom stereocenters. The average molecular weight is 803 g/mol. The number of unbranched alkanes of at least 4 members (excludes halogenated alkanes) is 19. The number of nitrogens with zero attached hydrogens (tertiary/aromatic N) is 1. The van der Waals surface area contributed by atoms with Gasteiger partial charge in [0, 0.05) is 19.3 Å². The third-order valence-electron chi connectivity index (χ3n) is 10.3. The van der Waals surface area contributed by atoms with Crippen LogP contribution in [0.2, 0.25) is 0 Å². The van der Waals surface area contributed by atoms with Crippen molar-refractivity contribution in [2.24, 2.45) is 0 Å². The Balaban J connectivity index is 4.30. The number of hydrogen-bond donors (Lipinski definition) is 1. The largest absolute Gasteiger partial charge is 0.477 e. The van der Waals surface area contributed by atoms with Crippen LogP contribution < -0.4 is 0 Å². The van der Waals surface area contributed by atoms with E-state index >= 15 is 0 Å². The number of esters is 2. The monoisotopic (exact) mass is 803 g/mol. The van der Waals surface area contributed by atoms with Crippen LogP contribution in [0.15, 0.2) is 48.6 Å². The second kappa shape index (κ2) is 40.1. The first-order chi connectivity index (χ1) is 27.6. The average Bonchev–Trinajstić information content (AvgIpc) is 3.17. The Kier molecular flexibility index (Phi) is 38.2. The van der Waals surface area contributed by atoms with E-state index in [0.29, 0.717) is 19.3 Å². The number of hydrogen-bond acceptors (Lipinski definition) is 6. The van der Waals surface area contributed by atoms with Crippen molar-refractivity contribution < 1.29 is 38.2 Å². The van der Waals surface area contributed by atoms with Gasteiger partial charge in [-0.2, -0.15) is 0 Å². The van der Waals surface area contributed by atoms with Crippen molar-refractivity contribution in [3.63, 3.8) is 0 Å². The summed E-state index contributed by atoms with van der Waals surface area (Å²) < 4.78 is 17.2. The third kappa shape index (κ3) is 38.6. The first-order valence-electron chi connectivity index (χ1n) is 23.2. The summed E-state index contributed by atoms with van der Waals surface area (Å²) in [5, 5.41) is 9.62. The van der Waals surface area contributed by atoms with E-state index in [1.165, 1.54) is 109 Å². The summed E-state index contributed by atoms with van der Waals surface area (Å²) in [4.78, 5) is 36.9. The normalized spacial score (nSPS) is 13.4. The highest BCUT2D eigenvalue weighted by atomic mass is 16.6. The Morgan fingerprint density at radius 2 is 0.982 bits per heavy atom. The lowest BCUT2D eigenvalue weighted by Gasteiger charge is -2.31. The van der Waals surface area contributed by atoms with Crippen LogP contribution in [0.25, 0.3) is 0 Å². The van der Waals surface area contributed by atoms with Crippen LogP contribution in [-0.4, -0.2) is 80.6 Å². The number of ether oxygens (including phenoxy) is 3. The van der Waals surface area contributed by atoms with E-state index in [-0.39, 0.29) is 42.7 Å². The highest BCUT2D eigenvalue weighted by molar-refractivity contribution is 5.72. The van der Waals surface area contributed by atoms with Crippen molar-refractivity contribution in [1.29, 1.82) is 0 Å². The second-order valence-electron chi connectivity index (χ2n) is 16.6. The maximum absolute atomic E-state index is 12.7. The van der Waals surface area contributed by atoms with Crippen molar-refractivity contribution in [2.75, 3.05) is 41.0 Å². The van der Waals surface area contributed by atoms with Crippen LogP contribution in [0, 0.1) is 0 Å². The lowest BCUT2D eigenvalue weighted by Crippen LogP contribution is -2.50. The molecule has 8 heteroatoms. The van der Waals surface area contributed by atoms with E-state index in [4.69, 9.17) is 14.2 Å². The van der Waals surface area contributed by atoms with Gasteiger partial charge in [-0.3, -0.25) is 9.59 Å². The van der Waals surface area contributed by atoms with Gasteiger partial charge in [-0.25, -0.2) is 4.79 Å². The second-order valence-corrected chi connectivity index (χ2v) is 16.6. The number of carbonyl (C=O) groups is 3. The Hall–Kier alpha value is -2.71. The van der Waals surface area contributed by atoms with Crippen LogP contribution >= 0.6 is 0 Å². The topological polar surface area (TPSA) is 99.1 Å². The van der Waals surface area contributed by atoms with Crippen molar-refractivity contribution in [2.45, 2.75) is 206 Å². The summed E-state index contributed by atoms with van der Waals surface area (Å²) in [6, 6.07) is -0.626. The lowest BCUT2D eigenvalue weighted by atomic mass is 10.0. The Bertz CT molecular complexity index is 1070. The molecule has 2 atom stereocenters. The molecule has 0 spiro atoms. The maximum atomic E-state index is 12.7. The van der Waals surface area contributed by atoms with E-state index in [1.807, 2.05) is 33.3 Å². The molecule has 0 aromatic carbocycles. The molecule has 0 aromatic heterocycles. The third-order valence-corrected chi connectivity index (χ3v) is 10.3. The molecule has 0 aliphatic rings. The first kappa shape index (κ1) is 54.3. The van der Waals surface area contributed by atoms with Crippen LogP contribution in [0.3, 0.4) is 0 Å². The van der Waals surface area contributed by atoms with Gasteiger partial charge in [0.2, 0.25) is 0 Å². The summed E-state index contributed by atoms with van der Waals surface area (Å²) in [5.74, 6) is -1.57. The van der Waals surface area contributed by atoms with Crippen LogP contribution in [0.1, 0.15) is 194 Å². The summed E-state index contributed by atoms with van der Waals surface area (Å²) in [5.41, 5.74) is 0. The van der Waals surface area contributed by atoms with Gasteiger partial charge < -0.3 is 23.8 Å². The smallest absolute Gasteiger partial charge is 0.362 e. The molecular weight excluding hydrogens is 715 g/mol. The Morgan fingerprint density at radius 1 is 0.544 bits per heavy atom. The van der Waals surface area contributed by atoms with Gasteiger partial charge in [-0.05, 0) is 38.5 Å². The van der Waals surface area contributed by atoms with Gasteiger partial charge in [0.05, 0.1) is 34.4 Å². The number of likely N-dealkylation sites (N-methyl/N-ethyl adjacent to an activating group) is 1. The molecule has 0 saturated carbocycles. The van der Waals surface area contributed by atoms with E-state index in [0.717, 1.165) is 44.9 Å². The van der Waals surface area contributed by atoms with Gasteiger partial charge >= 0.3 is 17.9 Å². The fraction of sp³-hybridized carbons (Fsp3) is 0.776. The molecule has 0 heterocycles. The summed E-state index contributed by atoms with van der Waals surface area (Å²) in [6.45, 7) is 4.56. The predicted octanol–water partition coefficient (Wildman–Crippen LogP) is 12.8. The molecule has 0 saturated heterocycles. The van der Waals surface area contributed by atoms with Crippen LogP contribution in [0.4, 0.5) is 0 Å². The SMILES string of the molecule is CC/C=C\C/C=C\C/C=C\C/C=C\CCC(=O)OC(COCCC(C(=O)O)[N+](C)(C)C)COC(=O)CCCCCCCCCCCCCCCCCCCCCC. The number of carbonyl (C=O) groups excluding carboxylic acids is 2. The number of quaternary nitrogens is 1. The fourth-order valence-corrected chi connectivity index (χ4v) is 6.69. The zero-order valence-electron chi connectivity index (χ0n) is 37.5. The molecule has 0 fully saturated rings. The molecule has 8 nitrogen and oxygen atoms in total. The minimum atomic E-state index is -0.885. The van der Waals surface area contributed by atoms with Crippen molar-refractivity contribution in [3.05, 3.63) is 48.6 Å². The molecule has 0 aromatic rings. The predicted molar refractivity (Wildman–Crippen MR) is 238 cm³/mol. The Labute approximate surface area is 350 Å². The minimum absolute atomic E-state index is 0.0335. The molecule has 0 amide bonds. The van der Waals surface area contributed by atoms with E-state index < -0.39 is 18.1 Å². The standard InChI is InChI=1S/C49H87NO7/c1-6-8-10-12-14-16-18-20-21-22-23-24-25-26-28-29-31-33-35-37-39-47(51)56-44-45(43-55-42-41-46(49(53)54)50(3,4)5)57-48(52)40-38-36-34-32-30-27-19-17-15-13-11-9-7-2/h9,11,15,17,27,30,34,36,45-46H,6-8,10,12-14,16,18-26,28-29,31-33,35,37-44H2,1-5H3/p+1/b11-9-,17-15-,30-27-,36-34-. The number of rotatable bonds is 41. The minimum Gasteiger partial charge on any atom is -0.477 e. The van der Waals surface area contributed by atoms with E-state index in [2.05, 4.69) is 50.3 Å². The molecule has 0 bridgehead atoms. The summed E-state index contributed by atoms with van der Waals surface area (Å²) in [6.07, 6.45) is 47.5. The summed E-state index contributed by atoms with van der Waals surface area (Å²) >= 11 is 0. The van der Waals surface area contributed by atoms with Crippen molar-refractivity contribution in [3.8, 4) is 0 Å². The molecule has 0 aliphatic heterocycles. The summed E-state index contributed by atoms with van der Waals surface area (Å²) in [7, 11) is 5.50. The van der Waals surface area contributed by atoms with E-state index in [1.54, 1.807) is 0 Å². The van der Waals surface area contributed by atoms with Gasteiger partial charge in [0.1, 0.15) is 6.61 Å². The fourth-order valence-electron chi connectivity index (χ4n) is 6.69. The Morgan fingerprint density at radius 3 is 1.42 bits per heavy atom. The van der Waals surface area contributed by atoms with Crippen molar-refractivity contribution >= 4 is 17.9 Å². The maximum Gasteiger partial charge on any atom is 0.362 e. The van der Waals surface area contributed by atoms with Gasteiger partial charge in [0.25, 0.3) is 0 Å². The highest BCUT2D eigenvalue weighted by Gasteiger charge is 2.31. The molecule has 330 valence electrons. The quantitative estimate of drug-likeness (QED) is 0.0284. The lowest BCUT2D eigenvalue weighted by molar-refractivity contribution is -0.887. The zero-order valence-corrected chi connectivity index (χ0v) is 37.5. The number of carboxylic acid groups (broad SMARTS) is 1. The molecular formula is C49H88NO7+. The highest BCUT2D eigenvalue weighted by Crippen LogP contribution is 2.16. The van der Waals surface area contributed by atoms with Gasteiger partial charge in [0.15, 0.2) is 12.1 Å². The number of aliphatic carboxylic acids is 1. The first-order valence-corrected chi connectivity index (χ1v) is 23.2.